The Morgan fingerprint density at radius 2 is 2.16 bits per heavy atom. The minimum Gasteiger partial charge on any atom is -0.391 e. The van der Waals surface area contributed by atoms with Crippen LogP contribution in [0.5, 0.6) is 0 Å². The molecule has 0 bridgehead atoms. The quantitative estimate of drug-likeness (QED) is 0.721. The van der Waals surface area contributed by atoms with Crippen LogP contribution in [-0.4, -0.2) is 30.3 Å². The highest BCUT2D eigenvalue weighted by atomic mass is 32.1. The molecule has 1 aliphatic heterocycles. The molecule has 102 valence electrons. The fourth-order valence-corrected chi connectivity index (χ4v) is 2.17. The van der Waals surface area contributed by atoms with Crippen molar-refractivity contribution < 1.29 is 9.53 Å². The van der Waals surface area contributed by atoms with Crippen molar-refractivity contribution in [2.45, 2.75) is 18.5 Å². The molecule has 0 radical (unpaired) electrons. The van der Waals surface area contributed by atoms with Crippen LogP contribution in [0.1, 0.15) is 18.0 Å². The highest BCUT2D eigenvalue weighted by molar-refractivity contribution is 7.80. The van der Waals surface area contributed by atoms with Crippen molar-refractivity contribution in [3.8, 4) is 0 Å². The maximum atomic E-state index is 11.9. The molecule has 1 aliphatic rings. The predicted octanol–water partition coefficient (Wildman–Crippen LogP) is 1.10. The predicted molar refractivity (Wildman–Crippen MR) is 76.9 cm³/mol. The van der Waals surface area contributed by atoms with Crippen LogP contribution in [0.25, 0.3) is 0 Å². The molecule has 1 aromatic rings. The molecule has 1 heterocycles. The monoisotopic (exact) mass is 279 g/mol. The van der Waals surface area contributed by atoms with Crippen LogP contribution in [0.3, 0.4) is 0 Å². The van der Waals surface area contributed by atoms with E-state index in [9.17, 15) is 4.79 Å². The Bertz CT molecular complexity index is 446. The lowest BCUT2D eigenvalue weighted by atomic mass is 10.1. The van der Waals surface area contributed by atoms with Crippen molar-refractivity contribution in [3.63, 3.8) is 0 Å². The summed E-state index contributed by atoms with van der Waals surface area (Å²) in [4.78, 5) is 12.1. The van der Waals surface area contributed by atoms with Crippen LogP contribution in [0.15, 0.2) is 30.3 Å². The third-order valence-corrected chi connectivity index (χ3v) is 3.19. The number of carbonyl (C=O) groups is 1. The number of ether oxygens (including phenoxy) is 1. The summed E-state index contributed by atoms with van der Waals surface area (Å²) in [5.74, 6) is 0. The van der Waals surface area contributed by atoms with E-state index >= 15 is 0 Å². The molecule has 19 heavy (non-hydrogen) atoms. The lowest BCUT2D eigenvalue weighted by Crippen LogP contribution is -2.46. The van der Waals surface area contributed by atoms with E-state index in [0.29, 0.717) is 13.2 Å². The van der Waals surface area contributed by atoms with Crippen molar-refractivity contribution in [2.24, 2.45) is 5.73 Å². The minimum atomic E-state index is -0.460. The molecule has 0 aromatic heterocycles. The Balaban J connectivity index is 1.97. The number of urea groups is 1. The molecule has 1 fully saturated rings. The number of thiocarbonyl (C=S) groups is 1. The number of benzene rings is 1. The van der Waals surface area contributed by atoms with Gasteiger partial charge in [0.15, 0.2) is 0 Å². The molecular weight excluding hydrogens is 262 g/mol. The molecule has 6 heteroatoms. The van der Waals surface area contributed by atoms with Gasteiger partial charge in [-0.3, -0.25) is 0 Å². The van der Waals surface area contributed by atoms with E-state index in [2.05, 4.69) is 10.6 Å². The van der Waals surface area contributed by atoms with Gasteiger partial charge in [0.1, 0.15) is 11.0 Å². The molecule has 2 unspecified atom stereocenters. The van der Waals surface area contributed by atoms with Crippen molar-refractivity contribution in [2.75, 3.05) is 13.2 Å². The van der Waals surface area contributed by atoms with E-state index in [1.165, 1.54) is 0 Å². The van der Waals surface area contributed by atoms with Crippen molar-refractivity contribution in [1.82, 2.24) is 10.6 Å². The largest absolute Gasteiger partial charge is 0.391 e. The average molecular weight is 279 g/mol. The summed E-state index contributed by atoms with van der Waals surface area (Å²) in [7, 11) is 0. The van der Waals surface area contributed by atoms with E-state index in [0.717, 1.165) is 12.0 Å². The third kappa shape index (κ3) is 3.90. The number of nitrogens with two attached hydrogens (primary N) is 1. The average Bonchev–Trinajstić information content (AvgIpc) is 2.89. The standard InChI is InChI=1S/C13H17N3O2S/c14-12(19)11(9-4-2-1-3-5-9)16-13(17)15-10-6-7-18-8-10/h1-5,10-11H,6-8H2,(H2,14,19)(H2,15,16,17). The van der Waals surface area contributed by atoms with Gasteiger partial charge >= 0.3 is 6.03 Å². The second kappa shape index (κ2) is 6.49. The zero-order valence-corrected chi connectivity index (χ0v) is 11.3. The topological polar surface area (TPSA) is 76.4 Å². The molecule has 0 spiro atoms. The second-order valence-corrected chi connectivity index (χ2v) is 4.90. The highest BCUT2D eigenvalue weighted by Crippen LogP contribution is 2.13. The number of rotatable bonds is 4. The van der Waals surface area contributed by atoms with Crippen LogP contribution in [0.2, 0.25) is 0 Å². The van der Waals surface area contributed by atoms with Crippen molar-refractivity contribution in [3.05, 3.63) is 35.9 Å². The van der Waals surface area contributed by atoms with E-state index in [4.69, 9.17) is 22.7 Å². The third-order valence-electron chi connectivity index (χ3n) is 2.96. The Morgan fingerprint density at radius 3 is 2.74 bits per heavy atom. The van der Waals surface area contributed by atoms with Gasteiger partial charge in [-0.25, -0.2) is 4.79 Å². The van der Waals surface area contributed by atoms with Gasteiger partial charge in [-0.15, -0.1) is 0 Å². The van der Waals surface area contributed by atoms with Crippen LogP contribution in [-0.2, 0) is 4.74 Å². The highest BCUT2D eigenvalue weighted by Gasteiger charge is 2.21. The zero-order chi connectivity index (χ0) is 13.7. The minimum absolute atomic E-state index is 0.0581. The van der Waals surface area contributed by atoms with Gasteiger partial charge in [0, 0.05) is 6.61 Å². The molecule has 4 N–H and O–H groups in total. The first-order valence-corrected chi connectivity index (χ1v) is 6.56. The van der Waals surface area contributed by atoms with Crippen LogP contribution >= 0.6 is 12.2 Å². The molecule has 0 saturated carbocycles. The van der Waals surface area contributed by atoms with E-state index < -0.39 is 6.04 Å². The lowest BCUT2D eigenvalue weighted by Gasteiger charge is -2.19. The number of amides is 2. The van der Waals surface area contributed by atoms with Gasteiger partial charge < -0.3 is 21.1 Å². The Hall–Kier alpha value is -1.66. The van der Waals surface area contributed by atoms with Gasteiger partial charge in [0.05, 0.1) is 12.6 Å². The Kier molecular flexibility index (Phi) is 4.70. The Morgan fingerprint density at radius 1 is 1.42 bits per heavy atom. The molecule has 2 rings (SSSR count). The molecule has 0 aliphatic carbocycles. The van der Waals surface area contributed by atoms with Gasteiger partial charge in [-0.1, -0.05) is 42.5 Å². The molecular formula is C13H17N3O2S. The summed E-state index contributed by atoms with van der Waals surface area (Å²) in [5.41, 5.74) is 6.56. The summed E-state index contributed by atoms with van der Waals surface area (Å²) in [6.45, 7) is 1.23. The normalized spacial score (nSPS) is 19.7. The summed E-state index contributed by atoms with van der Waals surface area (Å²) < 4.78 is 5.20. The summed E-state index contributed by atoms with van der Waals surface area (Å²) in [5, 5.41) is 5.63. The molecule has 2 amide bonds. The van der Waals surface area contributed by atoms with Crippen LogP contribution in [0.4, 0.5) is 4.79 Å². The van der Waals surface area contributed by atoms with Gasteiger partial charge in [0.2, 0.25) is 0 Å². The van der Waals surface area contributed by atoms with Crippen LogP contribution in [0, 0.1) is 0 Å². The smallest absolute Gasteiger partial charge is 0.315 e. The molecule has 1 saturated heterocycles. The maximum absolute atomic E-state index is 11.9. The summed E-state index contributed by atoms with van der Waals surface area (Å²) >= 11 is 5.01. The van der Waals surface area contributed by atoms with Crippen LogP contribution < -0.4 is 16.4 Å². The molecule has 5 nitrogen and oxygen atoms in total. The lowest BCUT2D eigenvalue weighted by molar-refractivity contribution is 0.188. The van der Waals surface area contributed by atoms with E-state index in [1.54, 1.807) is 0 Å². The SMILES string of the molecule is NC(=S)C(NC(=O)NC1CCOC1)c1ccccc1. The number of hydrogen-bond acceptors (Lipinski definition) is 3. The maximum Gasteiger partial charge on any atom is 0.315 e. The second-order valence-electron chi connectivity index (χ2n) is 4.42. The number of hydrogen-bond donors (Lipinski definition) is 3. The summed E-state index contributed by atoms with van der Waals surface area (Å²) in [6.07, 6.45) is 0.830. The fraction of sp³-hybridized carbons (Fsp3) is 0.385. The van der Waals surface area contributed by atoms with E-state index in [-0.39, 0.29) is 17.1 Å². The van der Waals surface area contributed by atoms with Crippen molar-refractivity contribution in [1.29, 1.82) is 0 Å². The van der Waals surface area contributed by atoms with Gasteiger partial charge in [0.25, 0.3) is 0 Å². The van der Waals surface area contributed by atoms with E-state index in [1.807, 2.05) is 30.3 Å². The van der Waals surface area contributed by atoms with Gasteiger partial charge in [-0.05, 0) is 12.0 Å². The molecule has 2 atom stereocenters. The fourth-order valence-electron chi connectivity index (χ4n) is 1.97. The van der Waals surface area contributed by atoms with Crippen molar-refractivity contribution >= 4 is 23.2 Å². The first kappa shape index (κ1) is 13.8. The Labute approximate surface area is 117 Å². The first-order valence-electron chi connectivity index (χ1n) is 6.16. The zero-order valence-electron chi connectivity index (χ0n) is 10.5. The number of carbonyl (C=O) groups excluding carboxylic acids is 1. The molecule has 1 aromatic carbocycles. The van der Waals surface area contributed by atoms with Gasteiger partial charge in [-0.2, -0.15) is 0 Å². The summed E-state index contributed by atoms with van der Waals surface area (Å²) in [6, 6.07) is 8.73. The number of nitrogens with one attached hydrogen (secondary N) is 2. The first-order chi connectivity index (χ1) is 9.16.